The zero-order chi connectivity index (χ0) is 21.1. The number of hydrogen-bond acceptors (Lipinski definition) is 5. The Morgan fingerprint density at radius 2 is 2.00 bits per heavy atom. The average molecular weight is 447 g/mol. The fourth-order valence-electron chi connectivity index (χ4n) is 3.44. The van der Waals surface area contributed by atoms with Crippen molar-refractivity contribution in [3.8, 4) is 17.1 Å². The molecule has 2 amide bonds. The van der Waals surface area contributed by atoms with E-state index in [0.717, 1.165) is 30.6 Å². The number of likely N-dealkylation sites (tertiary alicyclic amines) is 1. The van der Waals surface area contributed by atoms with Crippen LogP contribution in [0, 0.1) is 0 Å². The van der Waals surface area contributed by atoms with Gasteiger partial charge in [0.2, 0.25) is 11.7 Å². The van der Waals surface area contributed by atoms with E-state index in [1.807, 2.05) is 24.3 Å². The minimum atomic E-state index is -0.302. The highest BCUT2D eigenvalue weighted by Crippen LogP contribution is 2.33. The first kappa shape index (κ1) is 20.5. The number of piperidine rings is 1. The Kier molecular flexibility index (Phi) is 6.11. The third kappa shape index (κ3) is 4.37. The standard InChI is InChI=1S/C21H20Cl2N4O3/c1-29-15-8-5-13(6-9-15)19-25-20(30-26-19)18-4-2-3-11-27(18)21(28)24-17-10-7-14(22)12-16(17)23/h5-10,12,18H,2-4,11H2,1H3,(H,24,28). The lowest BCUT2D eigenvalue weighted by Crippen LogP contribution is -2.41. The van der Waals surface area contributed by atoms with Crippen LogP contribution in [-0.4, -0.2) is 34.7 Å². The van der Waals surface area contributed by atoms with Gasteiger partial charge in [-0.25, -0.2) is 4.79 Å². The molecule has 1 saturated heterocycles. The third-order valence-electron chi connectivity index (χ3n) is 5.01. The molecule has 0 aliphatic carbocycles. The van der Waals surface area contributed by atoms with Crippen molar-refractivity contribution in [3.63, 3.8) is 0 Å². The maximum Gasteiger partial charge on any atom is 0.322 e. The SMILES string of the molecule is COc1ccc(-c2noc(C3CCCCN3C(=O)Nc3ccc(Cl)cc3Cl)n2)cc1. The number of nitrogens with zero attached hydrogens (tertiary/aromatic N) is 3. The van der Waals surface area contributed by atoms with Gasteiger partial charge < -0.3 is 19.5 Å². The minimum absolute atomic E-state index is 0.270. The fraction of sp³-hybridized carbons (Fsp3) is 0.286. The van der Waals surface area contributed by atoms with E-state index in [9.17, 15) is 4.79 Å². The van der Waals surface area contributed by atoms with Gasteiger partial charge >= 0.3 is 6.03 Å². The largest absolute Gasteiger partial charge is 0.497 e. The van der Waals surface area contributed by atoms with E-state index in [0.29, 0.717) is 34.0 Å². The highest BCUT2D eigenvalue weighted by atomic mass is 35.5. The van der Waals surface area contributed by atoms with Gasteiger partial charge in [0.05, 0.1) is 17.8 Å². The topological polar surface area (TPSA) is 80.5 Å². The van der Waals surface area contributed by atoms with Crippen molar-refractivity contribution in [2.24, 2.45) is 0 Å². The normalized spacial score (nSPS) is 16.4. The number of hydrogen-bond donors (Lipinski definition) is 1. The van der Waals surface area contributed by atoms with Gasteiger partial charge in [-0.2, -0.15) is 4.98 Å². The second kappa shape index (κ2) is 8.93. The smallest absolute Gasteiger partial charge is 0.322 e. The zero-order valence-corrected chi connectivity index (χ0v) is 17.8. The summed E-state index contributed by atoms with van der Waals surface area (Å²) < 4.78 is 10.7. The Hall–Kier alpha value is -2.77. The Morgan fingerprint density at radius 1 is 1.20 bits per heavy atom. The fourth-order valence-corrected chi connectivity index (χ4v) is 3.89. The summed E-state index contributed by atoms with van der Waals surface area (Å²) >= 11 is 12.1. The van der Waals surface area contributed by atoms with Gasteiger partial charge in [-0.3, -0.25) is 0 Å². The predicted molar refractivity (Wildman–Crippen MR) is 115 cm³/mol. The summed E-state index contributed by atoms with van der Waals surface area (Å²) in [5, 5.41) is 7.83. The molecule has 7 nitrogen and oxygen atoms in total. The van der Waals surface area contributed by atoms with Gasteiger partial charge in [-0.1, -0.05) is 28.4 Å². The van der Waals surface area contributed by atoms with E-state index in [1.165, 1.54) is 0 Å². The lowest BCUT2D eigenvalue weighted by Gasteiger charge is -2.33. The van der Waals surface area contributed by atoms with Crippen molar-refractivity contribution >= 4 is 34.9 Å². The lowest BCUT2D eigenvalue weighted by molar-refractivity contribution is 0.142. The van der Waals surface area contributed by atoms with Crippen molar-refractivity contribution in [1.29, 1.82) is 0 Å². The highest BCUT2D eigenvalue weighted by Gasteiger charge is 2.32. The number of aromatic nitrogens is 2. The average Bonchev–Trinajstić information content (AvgIpc) is 3.26. The summed E-state index contributed by atoms with van der Waals surface area (Å²) in [4.78, 5) is 19.2. The van der Waals surface area contributed by atoms with E-state index >= 15 is 0 Å². The first-order valence-electron chi connectivity index (χ1n) is 9.56. The molecular weight excluding hydrogens is 427 g/mol. The number of carbonyl (C=O) groups is 1. The van der Waals surface area contributed by atoms with E-state index in [1.54, 1.807) is 30.2 Å². The maximum absolute atomic E-state index is 13.0. The Labute approximate surface area is 183 Å². The van der Waals surface area contributed by atoms with Crippen LogP contribution >= 0.6 is 23.2 Å². The van der Waals surface area contributed by atoms with E-state index < -0.39 is 0 Å². The van der Waals surface area contributed by atoms with Crippen LogP contribution < -0.4 is 10.1 Å². The molecule has 1 fully saturated rings. The number of anilines is 1. The number of halogens is 2. The van der Waals surface area contributed by atoms with Gasteiger partial charge in [-0.15, -0.1) is 0 Å². The molecule has 30 heavy (non-hydrogen) atoms. The molecule has 1 aromatic heterocycles. The molecule has 1 atom stereocenters. The Morgan fingerprint density at radius 3 is 2.73 bits per heavy atom. The van der Waals surface area contributed by atoms with Gasteiger partial charge in [-0.05, 0) is 61.7 Å². The van der Waals surface area contributed by atoms with Crippen LogP contribution in [0.4, 0.5) is 10.5 Å². The molecule has 1 aliphatic heterocycles. The summed E-state index contributed by atoms with van der Waals surface area (Å²) in [6.07, 6.45) is 2.61. The first-order chi connectivity index (χ1) is 14.5. The summed E-state index contributed by atoms with van der Waals surface area (Å²) in [6, 6.07) is 11.8. The number of urea groups is 1. The molecular formula is C21H20Cl2N4O3. The van der Waals surface area contributed by atoms with Crippen LogP contribution in [0.1, 0.15) is 31.2 Å². The monoisotopic (exact) mass is 446 g/mol. The maximum atomic E-state index is 13.0. The van der Waals surface area contributed by atoms with Crippen molar-refractivity contribution in [2.75, 3.05) is 19.0 Å². The molecule has 1 unspecified atom stereocenters. The summed E-state index contributed by atoms with van der Waals surface area (Å²) in [5.41, 5.74) is 1.31. The van der Waals surface area contributed by atoms with E-state index in [-0.39, 0.29) is 12.1 Å². The molecule has 2 aromatic carbocycles. The predicted octanol–water partition coefficient (Wildman–Crippen LogP) is 5.81. The van der Waals surface area contributed by atoms with Crippen molar-refractivity contribution < 1.29 is 14.1 Å². The summed E-state index contributed by atoms with van der Waals surface area (Å²) in [5.74, 6) is 1.63. The molecule has 3 aromatic rings. The Bertz CT molecular complexity index is 1040. The van der Waals surface area contributed by atoms with Crippen LogP contribution in [0.25, 0.3) is 11.4 Å². The van der Waals surface area contributed by atoms with Crippen LogP contribution in [0.3, 0.4) is 0 Å². The van der Waals surface area contributed by atoms with Crippen LogP contribution in [-0.2, 0) is 0 Å². The number of nitrogens with one attached hydrogen (secondary N) is 1. The summed E-state index contributed by atoms with van der Waals surface area (Å²) in [7, 11) is 1.61. The molecule has 1 aliphatic rings. The van der Waals surface area contributed by atoms with Crippen LogP contribution in [0.15, 0.2) is 47.0 Å². The van der Waals surface area contributed by atoms with Crippen molar-refractivity contribution in [3.05, 3.63) is 58.4 Å². The summed E-state index contributed by atoms with van der Waals surface area (Å²) in [6.45, 7) is 0.585. The first-order valence-corrected chi connectivity index (χ1v) is 10.3. The van der Waals surface area contributed by atoms with E-state index in [2.05, 4.69) is 15.5 Å². The molecule has 0 radical (unpaired) electrons. The molecule has 0 bridgehead atoms. The van der Waals surface area contributed by atoms with Gasteiger partial charge in [0, 0.05) is 17.1 Å². The second-order valence-corrected chi connectivity index (χ2v) is 7.79. The molecule has 0 saturated carbocycles. The number of amides is 2. The quantitative estimate of drug-likeness (QED) is 0.546. The third-order valence-corrected chi connectivity index (χ3v) is 5.56. The molecule has 9 heteroatoms. The van der Waals surface area contributed by atoms with Crippen molar-refractivity contribution in [1.82, 2.24) is 15.0 Å². The number of carbonyl (C=O) groups excluding carboxylic acids is 1. The molecule has 4 rings (SSSR count). The number of methoxy groups -OCH3 is 1. The molecule has 156 valence electrons. The highest BCUT2D eigenvalue weighted by molar-refractivity contribution is 6.36. The number of ether oxygens (including phenoxy) is 1. The second-order valence-electron chi connectivity index (χ2n) is 6.94. The molecule has 1 N–H and O–H groups in total. The minimum Gasteiger partial charge on any atom is -0.497 e. The zero-order valence-electron chi connectivity index (χ0n) is 16.3. The number of benzene rings is 2. The van der Waals surface area contributed by atoms with Crippen molar-refractivity contribution in [2.45, 2.75) is 25.3 Å². The molecule has 2 heterocycles. The van der Waals surface area contributed by atoms with Crippen LogP contribution in [0.5, 0.6) is 5.75 Å². The van der Waals surface area contributed by atoms with Gasteiger partial charge in [0.25, 0.3) is 0 Å². The lowest BCUT2D eigenvalue weighted by atomic mass is 10.0. The molecule has 0 spiro atoms. The van der Waals surface area contributed by atoms with Crippen LogP contribution in [0.2, 0.25) is 10.0 Å². The van der Waals surface area contributed by atoms with E-state index in [4.69, 9.17) is 32.5 Å². The van der Waals surface area contributed by atoms with Gasteiger partial charge in [0.15, 0.2) is 0 Å². The Balaban J connectivity index is 1.53. The number of rotatable bonds is 4. The van der Waals surface area contributed by atoms with Gasteiger partial charge in [0.1, 0.15) is 11.8 Å².